The highest BCUT2D eigenvalue weighted by atomic mass is 16.3. The normalized spacial score (nSPS) is 27.0. The molecule has 0 bridgehead atoms. The Morgan fingerprint density at radius 1 is 1.44 bits per heavy atom. The highest BCUT2D eigenvalue weighted by molar-refractivity contribution is 4.83. The zero-order valence-corrected chi connectivity index (χ0v) is 11.3. The predicted molar refractivity (Wildman–Crippen MR) is 68.6 cm³/mol. The number of hydrogen-bond donors (Lipinski definition) is 2. The summed E-state index contributed by atoms with van der Waals surface area (Å²) in [5.41, 5.74) is 0.475. The van der Waals surface area contributed by atoms with E-state index in [0.717, 1.165) is 13.1 Å². The molecule has 0 aliphatic heterocycles. The predicted octanol–water partition coefficient (Wildman–Crippen LogP) is 1.47. The van der Waals surface area contributed by atoms with Crippen molar-refractivity contribution < 1.29 is 5.11 Å². The zero-order chi connectivity index (χ0) is 12.2. The molecule has 96 valence electrons. The van der Waals surface area contributed by atoms with E-state index in [1.54, 1.807) is 0 Å². The summed E-state index contributed by atoms with van der Waals surface area (Å²) >= 11 is 0. The first kappa shape index (κ1) is 13.9. The lowest BCUT2D eigenvalue weighted by Gasteiger charge is -2.36. The Morgan fingerprint density at radius 2 is 2.12 bits per heavy atom. The molecule has 0 amide bonds. The summed E-state index contributed by atoms with van der Waals surface area (Å²) in [5.74, 6) is 0. The Morgan fingerprint density at radius 3 is 2.69 bits per heavy atom. The maximum Gasteiger partial charge on any atom is 0.0791 e. The van der Waals surface area contributed by atoms with Crippen LogP contribution >= 0.6 is 0 Å². The first-order valence-electron chi connectivity index (χ1n) is 6.45. The minimum atomic E-state index is -0.250. The molecular weight excluding hydrogens is 200 g/mol. The van der Waals surface area contributed by atoms with Gasteiger partial charge in [0.15, 0.2) is 0 Å². The Hall–Kier alpha value is -0.120. The summed E-state index contributed by atoms with van der Waals surface area (Å²) in [5, 5.41) is 13.3. The van der Waals surface area contributed by atoms with Gasteiger partial charge >= 0.3 is 0 Å². The summed E-state index contributed by atoms with van der Waals surface area (Å²) in [4.78, 5) is 2.02. The number of aliphatic hydroxyl groups excluding tert-OH is 1. The second-order valence-electron chi connectivity index (χ2n) is 6.28. The van der Waals surface area contributed by atoms with Crippen molar-refractivity contribution in [2.24, 2.45) is 5.41 Å². The van der Waals surface area contributed by atoms with E-state index in [1.807, 2.05) is 19.0 Å². The van der Waals surface area contributed by atoms with Crippen LogP contribution in [0.5, 0.6) is 0 Å². The van der Waals surface area contributed by atoms with Crippen molar-refractivity contribution in [2.45, 2.75) is 51.7 Å². The molecule has 0 spiro atoms. The Labute approximate surface area is 100 Å². The van der Waals surface area contributed by atoms with Crippen LogP contribution in [0, 0.1) is 5.41 Å². The minimum Gasteiger partial charge on any atom is -0.390 e. The van der Waals surface area contributed by atoms with Crippen LogP contribution in [0.15, 0.2) is 0 Å². The monoisotopic (exact) mass is 228 g/mol. The van der Waals surface area contributed by atoms with Crippen LogP contribution in [0.2, 0.25) is 0 Å². The highest BCUT2D eigenvalue weighted by Crippen LogP contribution is 2.34. The third kappa shape index (κ3) is 5.28. The van der Waals surface area contributed by atoms with Gasteiger partial charge in [0, 0.05) is 19.1 Å². The first-order valence-corrected chi connectivity index (χ1v) is 6.45. The molecule has 1 aliphatic carbocycles. The van der Waals surface area contributed by atoms with Crippen LogP contribution in [0.4, 0.5) is 0 Å². The zero-order valence-electron chi connectivity index (χ0n) is 11.3. The van der Waals surface area contributed by atoms with E-state index in [2.05, 4.69) is 19.2 Å². The molecule has 0 aromatic heterocycles. The molecule has 3 heteroatoms. The highest BCUT2D eigenvalue weighted by Gasteiger charge is 2.27. The van der Waals surface area contributed by atoms with Crippen molar-refractivity contribution in [3.05, 3.63) is 0 Å². The molecule has 3 nitrogen and oxygen atoms in total. The van der Waals surface area contributed by atoms with E-state index in [0.29, 0.717) is 11.5 Å². The Kier molecular flexibility index (Phi) is 5.22. The van der Waals surface area contributed by atoms with E-state index < -0.39 is 0 Å². The molecule has 0 aromatic rings. The van der Waals surface area contributed by atoms with Crippen molar-refractivity contribution in [3.63, 3.8) is 0 Å². The Bertz CT molecular complexity index is 204. The molecule has 2 unspecified atom stereocenters. The topological polar surface area (TPSA) is 35.5 Å². The molecule has 1 saturated carbocycles. The first-order chi connectivity index (χ1) is 7.39. The number of rotatable bonds is 5. The molecule has 0 radical (unpaired) electrons. The smallest absolute Gasteiger partial charge is 0.0791 e. The van der Waals surface area contributed by atoms with Gasteiger partial charge in [-0.1, -0.05) is 20.3 Å². The van der Waals surface area contributed by atoms with Gasteiger partial charge in [-0.15, -0.1) is 0 Å². The SMILES string of the molecule is CN(C)CC(O)CNC1CCCC(C)(C)C1. The molecule has 0 heterocycles. The molecule has 16 heavy (non-hydrogen) atoms. The summed E-state index contributed by atoms with van der Waals surface area (Å²) in [6, 6.07) is 0.598. The lowest BCUT2D eigenvalue weighted by Crippen LogP contribution is -2.43. The van der Waals surface area contributed by atoms with Crippen LogP contribution in [-0.2, 0) is 0 Å². The van der Waals surface area contributed by atoms with Gasteiger partial charge in [-0.05, 0) is 38.8 Å². The summed E-state index contributed by atoms with van der Waals surface area (Å²) in [6.45, 7) is 6.15. The van der Waals surface area contributed by atoms with E-state index >= 15 is 0 Å². The van der Waals surface area contributed by atoms with E-state index in [4.69, 9.17) is 0 Å². The summed E-state index contributed by atoms with van der Waals surface area (Å²) in [7, 11) is 3.99. The largest absolute Gasteiger partial charge is 0.390 e. The van der Waals surface area contributed by atoms with Crippen molar-refractivity contribution in [1.82, 2.24) is 10.2 Å². The van der Waals surface area contributed by atoms with Gasteiger partial charge in [0.05, 0.1) is 6.10 Å². The fourth-order valence-corrected chi connectivity index (χ4v) is 2.66. The van der Waals surface area contributed by atoms with Crippen molar-refractivity contribution in [3.8, 4) is 0 Å². The van der Waals surface area contributed by atoms with E-state index in [-0.39, 0.29) is 6.10 Å². The third-order valence-electron chi connectivity index (χ3n) is 3.42. The average Bonchev–Trinajstić information content (AvgIpc) is 2.12. The summed E-state index contributed by atoms with van der Waals surface area (Å²) in [6.07, 6.45) is 4.90. The van der Waals surface area contributed by atoms with Gasteiger partial charge in [-0.2, -0.15) is 0 Å². The van der Waals surface area contributed by atoms with Crippen LogP contribution in [0.1, 0.15) is 39.5 Å². The van der Waals surface area contributed by atoms with Crippen LogP contribution in [-0.4, -0.2) is 49.3 Å². The van der Waals surface area contributed by atoms with Gasteiger partial charge in [-0.3, -0.25) is 0 Å². The standard InChI is InChI=1S/C13H28N2O/c1-13(2)7-5-6-11(8-13)14-9-12(16)10-15(3)4/h11-12,14,16H,5-10H2,1-4H3. The molecular formula is C13H28N2O. The van der Waals surface area contributed by atoms with Crippen LogP contribution in [0.25, 0.3) is 0 Å². The van der Waals surface area contributed by atoms with Gasteiger partial charge in [0.2, 0.25) is 0 Å². The molecule has 1 rings (SSSR count). The number of likely N-dealkylation sites (N-methyl/N-ethyl adjacent to an activating group) is 1. The lowest BCUT2D eigenvalue weighted by molar-refractivity contribution is 0.120. The second kappa shape index (κ2) is 5.99. The van der Waals surface area contributed by atoms with Crippen molar-refractivity contribution in [1.29, 1.82) is 0 Å². The van der Waals surface area contributed by atoms with E-state index in [1.165, 1.54) is 25.7 Å². The summed E-state index contributed by atoms with van der Waals surface area (Å²) < 4.78 is 0. The Balaban J connectivity index is 2.22. The minimum absolute atomic E-state index is 0.250. The number of hydrogen-bond acceptors (Lipinski definition) is 3. The molecule has 1 fully saturated rings. The van der Waals surface area contributed by atoms with Crippen molar-refractivity contribution >= 4 is 0 Å². The number of nitrogens with one attached hydrogen (secondary N) is 1. The quantitative estimate of drug-likeness (QED) is 0.748. The van der Waals surface area contributed by atoms with Crippen LogP contribution < -0.4 is 5.32 Å². The maximum absolute atomic E-state index is 9.78. The number of nitrogens with zero attached hydrogens (tertiary/aromatic N) is 1. The third-order valence-corrected chi connectivity index (χ3v) is 3.42. The molecule has 0 saturated heterocycles. The van der Waals surface area contributed by atoms with Crippen LogP contribution in [0.3, 0.4) is 0 Å². The molecule has 2 N–H and O–H groups in total. The fourth-order valence-electron chi connectivity index (χ4n) is 2.66. The lowest BCUT2D eigenvalue weighted by atomic mass is 9.75. The van der Waals surface area contributed by atoms with Gasteiger partial charge in [0.1, 0.15) is 0 Å². The number of aliphatic hydroxyl groups is 1. The molecule has 1 aliphatic rings. The van der Waals surface area contributed by atoms with Gasteiger partial charge in [-0.25, -0.2) is 0 Å². The molecule has 2 atom stereocenters. The second-order valence-corrected chi connectivity index (χ2v) is 6.28. The van der Waals surface area contributed by atoms with Gasteiger partial charge < -0.3 is 15.3 Å². The van der Waals surface area contributed by atoms with Crippen molar-refractivity contribution in [2.75, 3.05) is 27.2 Å². The van der Waals surface area contributed by atoms with Gasteiger partial charge in [0.25, 0.3) is 0 Å². The van der Waals surface area contributed by atoms with E-state index in [9.17, 15) is 5.11 Å². The fraction of sp³-hybridized carbons (Fsp3) is 1.00. The molecule has 0 aromatic carbocycles. The average molecular weight is 228 g/mol. The maximum atomic E-state index is 9.78.